The molecule has 1 aromatic carbocycles. The summed E-state index contributed by atoms with van der Waals surface area (Å²) in [5.74, 6) is -0.506. The molecule has 0 atom stereocenters. The fourth-order valence-electron chi connectivity index (χ4n) is 1.74. The van der Waals surface area contributed by atoms with Gasteiger partial charge >= 0.3 is 5.97 Å². The molecule has 0 aliphatic carbocycles. The van der Waals surface area contributed by atoms with Crippen molar-refractivity contribution >= 4 is 22.7 Å². The molecular formula is C12H12N2O3. The van der Waals surface area contributed by atoms with Gasteiger partial charge in [-0.1, -0.05) is 0 Å². The molecule has 0 aliphatic rings. The summed E-state index contributed by atoms with van der Waals surface area (Å²) in [6.45, 7) is 1.90. The number of anilines is 1. The van der Waals surface area contributed by atoms with Crippen LogP contribution in [-0.2, 0) is 0 Å². The summed E-state index contributed by atoms with van der Waals surface area (Å²) in [5, 5.41) is 9.67. The largest absolute Gasteiger partial charge is 0.494 e. The van der Waals surface area contributed by atoms with Crippen LogP contribution in [0.4, 0.5) is 5.82 Å². The van der Waals surface area contributed by atoms with Crippen molar-refractivity contribution in [2.24, 2.45) is 0 Å². The van der Waals surface area contributed by atoms with Crippen molar-refractivity contribution in [3.05, 3.63) is 29.3 Å². The molecule has 0 saturated heterocycles. The summed E-state index contributed by atoms with van der Waals surface area (Å²) in [4.78, 5) is 15.0. The molecule has 0 amide bonds. The van der Waals surface area contributed by atoms with Gasteiger partial charge < -0.3 is 15.6 Å². The Morgan fingerprint density at radius 2 is 2.12 bits per heavy atom. The van der Waals surface area contributed by atoms with E-state index in [4.69, 9.17) is 15.6 Å². The number of aryl methyl sites for hydroxylation is 1. The number of carboxylic acids is 1. The average Bonchev–Trinajstić information content (AvgIpc) is 2.27. The molecule has 2 rings (SSSR count). The van der Waals surface area contributed by atoms with Crippen LogP contribution >= 0.6 is 0 Å². The predicted octanol–water partition coefficient (Wildman–Crippen LogP) is 1.83. The van der Waals surface area contributed by atoms with Crippen molar-refractivity contribution in [2.45, 2.75) is 6.92 Å². The van der Waals surface area contributed by atoms with Gasteiger partial charge in [-0.15, -0.1) is 0 Å². The Morgan fingerprint density at radius 3 is 2.71 bits per heavy atom. The second-order valence-corrected chi connectivity index (χ2v) is 3.77. The van der Waals surface area contributed by atoms with Gasteiger partial charge in [0.1, 0.15) is 22.6 Å². The summed E-state index contributed by atoms with van der Waals surface area (Å²) in [6, 6.07) is 5.18. The Bertz CT molecular complexity index is 608. The third-order valence-corrected chi connectivity index (χ3v) is 2.51. The van der Waals surface area contributed by atoms with Crippen molar-refractivity contribution < 1.29 is 14.6 Å². The number of pyridine rings is 1. The molecule has 0 unspecified atom stereocenters. The quantitative estimate of drug-likeness (QED) is 0.825. The van der Waals surface area contributed by atoms with Crippen molar-refractivity contribution in [3.63, 3.8) is 0 Å². The second kappa shape index (κ2) is 3.93. The van der Waals surface area contributed by atoms with Gasteiger partial charge in [-0.3, -0.25) is 0 Å². The van der Waals surface area contributed by atoms with Gasteiger partial charge in [0.05, 0.1) is 7.11 Å². The molecule has 0 spiro atoms. The molecule has 0 fully saturated rings. The van der Waals surface area contributed by atoms with Gasteiger partial charge in [0.15, 0.2) is 0 Å². The number of methoxy groups -OCH3 is 1. The summed E-state index contributed by atoms with van der Waals surface area (Å²) >= 11 is 0. The van der Waals surface area contributed by atoms with E-state index < -0.39 is 5.97 Å². The lowest BCUT2D eigenvalue weighted by Crippen LogP contribution is -2.05. The van der Waals surface area contributed by atoms with Crippen molar-refractivity contribution in [1.29, 1.82) is 0 Å². The maximum Gasteiger partial charge on any atom is 0.339 e. The van der Waals surface area contributed by atoms with E-state index in [-0.39, 0.29) is 11.4 Å². The maximum absolute atomic E-state index is 11.0. The fourth-order valence-corrected chi connectivity index (χ4v) is 1.74. The van der Waals surface area contributed by atoms with Crippen LogP contribution in [0.5, 0.6) is 5.75 Å². The maximum atomic E-state index is 11.0. The number of carboxylic acid groups (broad SMARTS) is 1. The Kier molecular flexibility index (Phi) is 2.59. The van der Waals surface area contributed by atoms with Crippen LogP contribution in [0.25, 0.3) is 10.9 Å². The Hall–Kier alpha value is -2.30. The topological polar surface area (TPSA) is 85.4 Å². The first-order valence-electron chi connectivity index (χ1n) is 5.01. The number of aromatic carboxylic acids is 1. The van der Waals surface area contributed by atoms with Gasteiger partial charge in [0.2, 0.25) is 0 Å². The smallest absolute Gasteiger partial charge is 0.339 e. The summed E-state index contributed by atoms with van der Waals surface area (Å²) < 4.78 is 5.20. The number of ether oxygens (including phenoxy) is 1. The van der Waals surface area contributed by atoms with E-state index in [0.29, 0.717) is 16.7 Å². The normalized spacial score (nSPS) is 10.5. The van der Waals surface area contributed by atoms with Gasteiger partial charge in [0.25, 0.3) is 0 Å². The van der Waals surface area contributed by atoms with Crippen molar-refractivity contribution in [3.8, 4) is 5.75 Å². The monoisotopic (exact) mass is 232 g/mol. The van der Waals surface area contributed by atoms with Crippen molar-refractivity contribution in [1.82, 2.24) is 4.98 Å². The first-order chi connectivity index (χ1) is 8.02. The number of aromatic nitrogens is 1. The van der Waals surface area contributed by atoms with E-state index in [1.807, 2.05) is 19.1 Å². The highest BCUT2D eigenvalue weighted by molar-refractivity contribution is 5.98. The minimum absolute atomic E-state index is 0.00477. The molecule has 0 radical (unpaired) electrons. The van der Waals surface area contributed by atoms with E-state index in [1.165, 1.54) is 13.2 Å². The lowest BCUT2D eigenvalue weighted by atomic mass is 10.1. The minimum Gasteiger partial charge on any atom is -0.494 e. The lowest BCUT2D eigenvalue weighted by Gasteiger charge is -2.08. The molecule has 0 saturated carbocycles. The number of carbonyl (C=O) groups is 1. The molecule has 17 heavy (non-hydrogen) atoms. The molecule has 2 aromatic rings. The number of benzene rings is 1. The zero-order chi connectivity index (χ0) is 12.6. The number of nitrogen functional groups attached to an aromatic ring is 1. The van der Waals surface area contributed by atoms with Crippen LogP contribution in [0.3, 0.4) is 0 Å². The van der Waals surface area contributed by atoms with E-state index in [9.17, 15) is 4.79 Å². The Morgan fingerprint density at radius 1 is 1.41 bits per heavy atom. The van der Waals surface area contributed by atoms with Crippen LogP contribution in [0.1, 0.15) is 15.9 Å². The fraction of sp³-hybridized carbons (Fsp3) is 0.167. The third kappa shape index (κ3) is 1.87. The summed E-state index contributed by atoms with van der Waals surface area (Å²) in [6.07, 6.45) is 0. The Balaban J connectivity index is 2.82. The first-order valence-corrected chi connectivity index (χ1v) is 5.01. The summed E-state index contributed by atoms with van der Waals surface area (Å²) in [7, 11) is 1.54. The molecule has 88 valence electrons. The predicted molar refractivity (Wildman–Crippen MR) is 64.4 cm³/mol. The highest BCUT2D eigenvalue weighted by Crippen LogP contribution is 2.28. The van der Waals surface area contributed by atoms with Crippen LogP contribution in [0, 0.1) is 6.92 Å². The SMILES string of the molecule is COc1cc(C)cc2cc(C(=O)O)c(N)nc12. The molecule has 0 bridgehead atoms. The number of hydrogen-bond donors (Lipinski definition) is 2. The van der Waals surface area contributed by atoms with E-state index in [2.05, 4.69) is 4.98 Å². The van der Waals surface area contributed by atoms with Gasteiger partial charge in [-0.25, -0.2) is 9.78 Å². The highest BCUT2D eigenvalue weighted by atomic mass is 16.5. The minimum atomic E-state index is -1.09. The number of hydrogen-bond acceptors (Lipinski definition) is 4. The standard InChI is InChI=1S/C12H12N2O3/c1-6-3-7-5-8(12(15)16)11(13)14-10(7)9(4-6)17-2/h3-5H,1-2H3,(H2,13,14)(H,15,16). The van der Waals surface area contributed by atoms with Gasteiger partial charge in [0, 0.05) is 5.39 Å². The molecule has 1 aromatic heterocycles. The first kappa shape index (κ1) is 11.2. The van der Waals surface area contributed by atoms with Crippen LogP contribution < -0.4 is 10.5 Å². The summed E-state index contributed by atoms with van der Waals surface area (Å²) in [5.41, 5.74) is 7.15. The van der Waals surface area contributed by atoms with Crippen LogP contribution in [0.15, 0.2) is 18.2 Å². The number of fused-ring (bicyclic) bond motifs is 1. The molecular weight excluding hydrogens is 220 g/mol. The molecule has 1 heterocycles. The zero-order valence-corrected chi connectivity index (χ0v) is 9.52. The number of nitrogens with zero attached hydrogens (tertiary/aromatic N) is 1. The third-order valence-electron chi connectivity index (χ3n) is 2.51. The van der Waals surface area contributed by atoms with Crippen LogP contribution in [0.2, 0.25) is 0 Å². The zero-order valence-electron chi connectivity index (χ0n) is 9.52. The molecule has 5 heteroatoms. The highest BCUT2D eigenvalue weighted by Gasteiger charge is 2.13. The molecule has 0 aliphatic heterocycles. The van der Waals surface area contributed by atoms with Gasteiger partial charge in [-0.05, 0) is 30.7 Å². The van der Waals surface area contributed by atoms with Crippen LogP contribution in [-0.4, -0.2) is 23.2 Å². The Labute approximate surface area is 97.8 Å². The number of nitrogens with two attached hydrogens (primary N) is 1. The van der Waals surface area contributed by atoms with Gasteiger partial charge in [-0.2, -0.15) is 0 Å². The lowest BCUT2D eigenvalue weighted by molar-refractivity contribution is 0.0698. The van der Waals surface area contributed by atoms with E-state index in [1.54, 1.807) is 0 Å². The van der Waals surface area contributed by atoms with E-state index in [0.717, 1.165) is 5.56 Å². The van der Waals surface area contributed by atoms with Crippen molar-refractivity contribution in [2.75, 3.05) is 12.8 Å². The molecule has 3 N–H and O–H groups in total. The van der Waals surface area contributed by atoms with E-state index >= 15 is 0 Å². The average molecular weight is 232 g/mol. The number of rotatable bonds is 2. The second-order valence-electron chi connectivity index (χ2n) is 3.77. The molecule has 5 nitrogen and oxygen atoms in total.